The number of nitrogens with one attached hydrogen (secondary N) is 1. The average molecular weight is 290 g/mol. The molecule has 16 heavy (non-hydrogen) atoms. The summed E-state index contributed by atoms with van der Waals surface area (Å²) < 4.78 is 19.1. The quantitative estimate of drug-likeness (QED) is 0.865. The summed E-state index contributed by atoms with van der Waals surface area (Å²) in [5.41, 5.74) is 0.587. The molecule has 1 aromatic carbocycles. The lowest BCUT2D eigenvalue weighted by atomic mass is 10.0. The Morgan fingerprint density at radius 3 is 2.75 bits per heavy atom. The lowest BCUT2D eigenvalue weighted by molar-refractivity contribution is 0.0989. The van der Waals surface area contributed by atoms with Gasteiger partial charge >= 0.3 is 0 Å². The van der Waals surface area contributed by atoms with Crippen LogP contribution < -0.4 is 10.1 Å². The standard InChI is InChI=1S/C11H13BrFNO2/c1-6-8(13)4-7(12)11(16-3)10(6)9(15)5-14-2/h4,14H,5H2,1-3H3. The van der Waals surface area contributed by atoms with Gasteiger partial charge in [-0.1, -0.05) is 0 Å². The van der Waals surface area contributed by atoms with Crippen LogP contribution in [0.15, 0.2) is 10.5 Å². The second-order valence-corrected chi connectivity index (χ2v) is 4.18. The van der Waals surface area contributed by atoms with E-state index in [1.54, 1.807) is 14.0 Å². The van der Waals surface area contributed by atoms with E-state index in [0.717, 1.165) is 0 Å². The minimum atomic E-state index is -0.424. The second kappa shape index (κ2) is 5.41. The van der Waals surface area contributed by atoms with Crippen LogP contribution in [0.1, 0.15) is 15.9 Å². The van der Waals surface area contributed by atoms with E-state index in [4.69, 9.17) is 4.74 Å². The Labute approximate surface area is 102 Å². The van der Waals surface area contributed by atoms with Crippen LogP contribution >= 0.6 is 15.9 Å². The highest BCUT2D eigenvalue weighted by Gasteiger charge is 2.20. The fourth-order valence-electron chi connectivity index (χ4n) is 1.48. The zero-order valence-corrected chi connectivity index (χ0v) is 10.9. The third-order valence-corrected chi connectivity index (χ3v) is 2.84. The van der Waals surface area contributed by atoms with E-state index in [9.17, 15) is 9.18 Å². The molecule has 0 saturated heterocycles. The van der Waals surface area contributed by atoms with Gasteiger partial charge in [-0.2, -0.15) is 0 Å². The van der Waals surface area contributed by atoms with E-state index in [1.807, 2.05) is 0 Å². The van der Waals surface area contributed by atoms with E-state index < -0.39 is 5.82 Å². The molecule has 3 nitrogen and oxygen atoms in total. The monoisotopic (exact) mass is 289 g/mol. The zero-order chi connectivity index (χ0) is 12.3. The molecule has 88 valence electrons. The largest absolute Gasteiger partial charge is 0.495 e. The number of hydrogen-bond acceptors (Lipinski definition) is 3. The van der Waals surface area contributed by atoms with E-state index in [0.29, 0.717) is 15.8 Å². The SMILES string of the molecule is CNCC(=O)c1c(C)c(F)cc(Br)c1OC. The fourth-order valence-corrected chi connectivity index (χ4v) is 2.04. The maximum absolute atomic E-state index is 13.5. The summed E-state index contributed by atoms with van der Waals surface area (Å²) in [6.45, 7) is 1.71. The summed E-state index contributed by atoms with van der Waals surface area (Å²) in [4.78, 5) is 11.8. The normalized spacial score (nSPS) is 10.3. The Morgan fingerprint density at radius 1 is 1.62 bits per heavy atom. The summed E-state index contributed by atoms with van der Waals surface area (Å²) in [5, 5.41) is 2.74. The van der Waals surface area contributed by atoms with Gasteiger partial charge in [0.05, 0.1) is 23.7 Å². The molecule has 0 fully saturated rings. The van der Waals surface area contributed by atoms with Gasteiger partial charge < -0.3 is 10.1 Å². The molecule has 0 aliphatic heterocycles. The Morgan fingerprint density at radius 2 is 2.25 bits per heavy atom. The molecule has 0 heterocycles. The predicted octanol–water partition coefficient (Wildman–Crippen LogP) is 2.31. The van der Waals surface area contributed by atoms with Crippen LogP contribution in [0.3, 0.4) is 0 Å². The molecule has 1 aromatic rings. The summed E-state index contributed by atoms with van der Waals surface area (Å²) >= 11 is 3.17. The van der Waals surface area contributed by atoms with E-state index in [-0.39, 0.29) is 17.9 Å². The van der Waals surface area contributed by atoms with Crippen molar-refractivity contribution in [3.8, 4) is 5.75 Å². The van der Waals surface area contributed by atoms with Gasteiger partial charge in [0.15, 0.2) is 5.78 Å². The third-order valence-electron chi connectivity index (χ3n) is 2.25. The zero-order valence-electron chi connectivity index (χ0n) is 9.36. The van der Waals surface area contributed by atoms with Crippen molar-refractivity contribution in [1.29, 1.82) is 0 Å². The molecule has 0 bridgehead atoms. The van der Waals surface area contributed by atoms with Crippen LogP contribution in [0.25, 0.3) is 0 Å². The first-order valence-electron chi connectivity index (χ1n) is 4.73. The first kappa shape index (κ1) is 13.1. The van der Waals surface area contributed by atoms with E-state index in [1.165, 1.54) is 13.2 Å². The predicted molar refractivity (Wildman–Crippen MR) is 63.6 cm³/mol. The molecule has 0 atom stereocenters. The van der Waals surface area contributed by atoms with E-state index >= 15 is 0 Å². The lowest BCUT2D eigenvalue weighted by Gasteiger charge is -2.13. The number of ether oxygens (including phenoxy) is 1. The van der Waals surface area contributed by atoms with Crippen LogP contribution in [0.4, 0.5) is 4.39 Å². The molecule has 0 saturated carbocycles. The molecule has 1 rings (SSSR count). The Bertz CT molecular complexity index is 421. The van der Waals surface area contributed by atoms with Gasteiger partial charge in [-0.05, 0) is 41.5 Å². The van der Waals surface area contributed by atoms with Gasteiger partial charge in [-0.15, -0.1) is 0 Å². The summed E-state index contributed by atoms with van der Waals surface area (Å²) in [6, 6.07) is 1.30. The number of methoxy groups -OCH3 is 1. The van der Waals surface area contributed by atoms with Gasteiger partial charge in [0.2, 0.25) is 0 Å². The average Bonchev–Trinajstić information content (AvgIpc) is 2.23. The number of benzene rings is 1. The van der Waals surface area contributed by atoms with Crippen molar-refractivity contribution in [2.45, 2.75) is 6.92 Å². The number of halogens is 2. The minimum absolute atomic E-state index is 0.146. The van der Waals surface area contributed by atoms with Crippen LogP contribution in [-0.2, 0) is 0 Å². The number of hydrogen-bond donors (Lipinski definition) is 1. The second-order valence-electron chi connectivity index (χ2n) is 3.33. The first-order chi connectivity index (χ1) is 7.52. The first-order valence-corrected chi connectivity index (χ1v) is 5.52. The molecule has 1 N–H and O–H groups in total. The molecule has 0 spiro atoms. The van der Waals surface area contributed by atoms with Gasteiger partial charge in [0.25, 0.3) is 0 Å². The highest BCUT2D eigenvalue weighted by molar-refractivity contribution is 9.10. The Hall–Kier alpha value is -0.940. The molecule has 5 heteroatoms. The molecule has 0 aromatic heterocycles. The number of carbonyl (C=O) groups is 1. The third kappa shape index (κ3) is 2.41. The summed E-state index contributed by atoms with van der Waals surface area (Å²) in [6.07, 6.45) is 0. The van der Waals surface area contributed by atoms with Crippen molar-refractivity contribution in [1.82, 2.24) is 5.32 Å². The van der Waals surface area contributed by atoms with Gasteiger partial charge in [0, 0.05) is 0 Å². The van der Waals surface area contributed by atoms with Crippen LogP contribution in [0, 0.1) is 12.7 Å². The fraction of sp³-hybridized carbons (Fsp3) is 0.364. The summed E-state index contributed by atoms with van der Waals surface area (Å²) in [7, 11) is 3.11. The van der Waals surface area contributed by atoms with Crippen molar-refractivity contribution < 1.29 is 13.9 Å². The molecule has 0 aliphatic rings. The van der Waals surface area contributed by atoms with E-state index in [2.05, 4.69) is 21.2 Å². The topological polar surface area (TPSA) is 38.3 Å². The molecule has 0 amide bonds. The maximum atomic E-state index is 13.5. The van der Waals surface area contributed by atoms with Gasteiger partial charge in [0.1, 0.15) is 11.6 Å². The van der Waals surface area contributed by atoms with Crippen LogP contribution in [0.2, 0.25) is 0 Å². The highest BCUT2D eigenvalue weighted by Crippen LogP contribution is 2.33. The lowest BCUT2D eigenvalue weighted by Crippen LogP contribution is -2.20. The van der Waals surface area contributed by atoms with Crippen molar-refractivity contribution in [2.75, 3.05) is 20.7 Å². The smallest absolute Gasteiger partial charge is 0.180 e. The number of likely N-dealkylation sites (N-methyl/N-ethyl adjacent to an activating group) is 1. The molecule has 0 unspecified atom stereocenters. The van der Waals surface area contributed by atoms with Gasteiger partial charge in [-0.25, -0.2) is 4.39 Å². The molecule has 0 radical (unpaired) electrons. The van der Waals surface area contributed by atoms with Crippen molar-refractivity contribution in [3.63, 3.8) is 0 Å². The van der Waals surface area contributed by atoms with Crippen LogP contribution in [0.5, 0.6) is 5.75 Å². The molecule has 0 aliphatic carbocycles. The van der Waals surface area contributed by atoms with Crippen LogP contribution in [-0.4, -0.2) is 26.5 Å². The van der Waals surface area contributed by atoms with Crippen molar-refractivity contribution in [3.05, 3.63) is 27.5 Å². The Kier molecular flexibility index (Phi) is 4.44. The number of Topliss-reactive ketones (excluding diaryl/α,β-unsaturated/α-hetero) is 1. The Balaban J connectivity index is 3.38. The number of rotatable bonds is 4. The molecular weight excluding hydrogens is 277 g/mol. The highest BCUT2D eigenvalue weighted by atomic mass is 79.9. The van der Waals surface area contributed by atoms with Gasteiger partial charge in [-0.3, -0.25) is 4.79 Å². The number of carbonyl (C=O) groups excluding carboxylic acids is 1. The maximum Gasteiger partial charge on any atom is 0.180 e. The summed E-state index contributed by atoms with van der Waals surface area (Å²) in [5.74, 6) is -0.247. The molecular formula is C11H13BrFNO2. The van der Waals surface area contributed by atoms with Crippen molar-refractivity contribution in [2.24, 2.45) is 0 Å². The minimum Gasteiger partial charge on any atom is -0.495 e. The number of ketones is 1. The van der Waals surface area contributed by atoms with Crippen molar-refractivity contribution >= 4 is 21.7 Å².